The molecule has 0 atom stereocenters. The molecule has 1 aromatic heterocycles. The third kappa shape index (κ3) is 4.56. The molecule has 0 fully saturated rings. The van der Waals surface area contributed by atoms with Gasteiger partial charge < -0.3 is 15.8 Å². The molecule has 0 saturated heterocycles. The molecule has 1 aromatic carbocycles. The quantitative estimate of drug-likeness (QED) is 0.800. The molecule has 0 aliphatic heterocycles. The topological polar surface area (TPSA) is 81.4 Å². The minimum atomic E-state index is -0.489. The summed E-state index contributed by atoms with van der Waals surface area (Å²) in [5.41, 5.74) is 7.08. The molecular weight excluding hydrogens is 372 g/mol. The minimum absolute atomic E-state index is 0.150. The van der Waals surface area contributed by atoms with E-state index in [2.05, 4.69) is 5.32 Å². The second-order valence-electron chi connectivity index (χ2n) is 6.28. The van der Waals surface area contributed by atoms with Gasteiger partial charge in [-0.05, 0) is 55.5 Å². The number of hydrogen-bond donors (Lipinski definition) is 2. The smallest absolute Gasteiger partial charge is 0.262 e. The first kappa shape index (κ1) is 18.7. The summed E-state index contributed by atoms with van der Waals surface area (Å²) in [6.07, 6.45) is 6.25. The maximum Gasteiger partial charge on any atom is 0.262 e. The van der Waals surface area contributed by atoms with Crippen LogP contribution in [0.25, 0.3) is 0 Å². The number of rotatable bonds is 5. The van der Waals surface area contributed by atoms with E-state index in [4.69, 9.17) is 22.1 Å². The van der Waals surface area contributed by atoms with Crippen molar-refractivity contribution in [2.45, 2.75) is 38.5 Å². The van der Waals surface area contributed by atoms with Crippen molar-refractivity contribution >= 4 is 39.8 Å². The summed E-state index contributed by atoms with van der Waals surface area (Å²) in [5.74, 6) is -0.258. The molecule has 0 saturated carbocycles. The number of benzene rings is 1. The lowest BCUT2D eigenvalue weighted by Gasteiger charge is -2.10. The van der Waals surface area contributed by atoms with Crippen molar-refractivity contribution in [3.63, 3.8) is 0 Å². The van der Waals surface area contributed by atoms with Crippen LogP contribution in [0.4, 0.5) is 5.00 Å². The number of thiophene rings is 1. The normalized spacial score (nSPS) is 14.0. The molecule has 3 N–H and O–H groups in total. The van der Waals surface area contributed by atoms with Crippen LogP contribution in [0.15, 0.2) is 24.3 Å². The highest BCUT2D eigenvalue weighted by molar-refractivity contribution is 7.17. The number of anilines is 1. The zero-order valence-electron chi connectivity index (χ0n) is 14.3. The van der Waals surface area contributed by atoms with Crippen molar-refractivity contribution < 1.29 is 14.3 Å². The monoisotopic (exact) mass is 392 g/mol. The molecule has 0 bridgehead atoms. The molecule has 3 rings (SSSR count). The third-order valence-corrected chi connectivity index (χ3v) is 5.81. The van der Waals surface area contributed by atoms with Crippen LogP contribution in [0.5, 0.6) is 5.75 Å². The molecule has 26 heavy (non-hydrogen) atoms. The number of halogens is 1. The lowest BCUT2D eigenvalue weighted by Crippen LogP contribution is -2.22. The summed E-state index contributed by atoms with van der Waals surface area (Å²) in [7, 11) is 0. The molecule has 1 aliphatic carbocycles. The van der Waals surface area contributed by atoms with Gasteiger partial charge in [-0.1, -0.05) is 24.4 Å². The number of nitrogens with one attached hydrogen (secondary N) is 1. The molecule has 1 heterocycles. The summed E-state index contributed by atoms with van der Waals surface area (Å²) >= 11 is 7.28. The lowest BCUT2D eigenvalue weighted by molar-refractivity contribution is -0.118. The Morgan fingerprint density at radius 2 is 1.81 bits per heavy atom. The number of aryl methyl sites for hydroxylation is 1. The molecule has 138 valence electrons. The first-order chi connectivity index (χ1) is 12.5. The van der Waals surface area contributed by atoms with E-state index in [1.54, 1.807) is 24.3 Å². The lowest BCUT2D eigenvalue weighted by atomic mass is 9.96. The molecule has 7 heteroatoms. The van der Waals surface area contributed by atoms with Crippen LogP contribution >= 0.6 is 22.9 Å². The Morgan fingerprint density at radius 1 is 1.12 bits per heavy atom. The fraction of sp³-hybridized carbons (Fsp3) is 0.368. The van der Waals surface area contributed by atoms with Gasteiger partial charge in [0.2, 0.25) is 0 Å². The number of carbonyl (C=O) groups excluding carboxylic acids is 2. The van der Waals surface area contributed by atoms with Gasteiger partial charge in [-0.25, -0.2) is 0 Å². The van der Waals surface area contributed by atoms with E-state index < -0.39 is 5.91 Å². The Balaban J connectivity index is 1.71. The van der Waals surface area contributed by atoms with E-state index in [0.29, 0.717) is 21.3 Å². The van der Waals surface area contributed by atoms with Gasteiger partial charge in [0, 0.05) is 9.90 Å². The molecule has 0 unspecified atom stereocenters. The summed E-state index contributed by atoms with van der Waals surface area (Å²) in [6.45, 7) is -0.150. The number of primary amides is 1. The number of amides is 2. The predicted molar refractivity (Wildman–Crippen MR) is 104 cm³/mol. The highest BCUT2D eigenvalue weighted by atomic mass is 35.5. The van der Waals surface area contributed by atoms with Gasteiger partial charge in [0.15, 0.2) is 6.61 Å². The molecule has 5 nitrogen and oxygen atoms in total. The Morgan fingerprint density at radius 3 is 2.50 bits per heavy atom. The van der Waals surface area contributed by atoms with Gasteiger partial charge in [-0.2, -0.15) is 0 Å². The van der Waals surface area contributed by atoms with Crippen LogP contribution < -0.4 is 15.8 Å². The maximum atomic E-state index is 12.3. The second kappa shape index (κ2) is 8.56. The molecule has 1 aliphatic rings. The zero-order chi connectivity index (χ0) is 18.5. The van der Waals surface area contributed by atoms with Gasteiger partial charge >= 0.3 is 0 Å². The Kier molecular flexibility index (Phi) is 6.16. The highest BCUT2D eigenvalue weighted by Crippen LogP contribution is 2.36. The van der Waals surface area contributed by atoms with E-state index in [-0.39, 0.29) is 12.5 Å². The third-order valence-electron chi connectivity index (χ3n) is 4.35. The number of hydrogen-bond acceptors (Lipinski definition) is 4. The average Bonchev–Trinajstić information content (AvgIpc) is 2.91. The number of fused-ring (bicyclic) bond motifs is 1. The number of nitrogens with two attached hydrogens (primary N) is 1. The van der Waals surface area contributed by atoms with Crippen LogP contribution in [-0.4, -0.2) is 18.4 Å². The predicted octanol–water partition coefficient (Wildman–Crippen LogP) is 4.18. The summed E-state index contributed by atoms with van der Waals surface area (Å²) in [6, 6.07) is 6.78. The van der Waals surface area contributed by atoms with E-state index in [1.807, 2.05) is 0 Å². The summed E-state index contributed by atoms with van der Waals surface area (Å²) in [4.78, 5) is 25.4. The Bertz CT molecular complexity index is 802. The average molecular weight is 393 g/mol. The minimum Gasteiger partial charge on any atom is -0.484 e. The number of ether oxygens (including phenoxy) is 1. The number of carbonyl (C=O) groups is 2. The zero-order valence-corrected chi connectivity index (χ0v) is 15.9. The molecule has 2 aromatic rings. The molecule has 2 amide bonds. The van der Waals surface area contributed by atoms with E-state index in [9.17, 15) is 9.59 Å². The fourth-order valence-corrected chi connectivity index (χ4v) is 4.55. The van der Waals surface area contributed by atoms with Crippen molar-refractivity contribution in [3.05, 3.63) is 45.3 Å². The SMILES string of the molecule is NC(=O)c1c(NC(=O)COc2ccc(Cl)cc2)sc2c1CCCCCC2. The van der Waals surface area contributed by atoms with E-state index in [1.165, 1.54) is 17.8 Å². The Hall–Kier alpha value is -2.05. The van der Waals surface area contributed by atoms with Gasteiger partial charge in [-0.3, -0.25) is 9.59 Å². The molecule has 0 spiro atoms. The highest BCUT2D eigenvalue weighted by Gasteiger charge is 2.23. The van der Waals surface area contributed by atoms with Crippen LogP contribution in [0.1, 0.15) is 46.5 Å². The van der Waals surface area contributed by atoms with E-state index >= 15 is 0 Å². The molecular formula is C19H21ClN2O3S. The Labute approximate surface area is 161 Å². The van der Waals surface area contributed by atoms with Crippen molar-refractivity contribution in [1.82, 2.24) is 0 Å². The largest absolute Gasteiger partial charge is 0.484 e. The van der Waals surface area contributed by atoms with Gasteiger partial charge in [0.05, 0.1) is 5.56 Å². The van der Waals surface area contributed by atoms with Gasteiger partial charge in [-0.15, -0.1) is 11.3 Å². The maximum absolute atomic E-state index is 12.3. The first-order valence-electron chi connectivity index (χ1n) is 8.67. The van der Waals surface area contributed by atoms with Crippen LogP contribution in [0.3, 0.4) is 0 Å². The van der Waals surface area contributed by atoms with Gasteiger partial charge in [0.25, 0.3) is 11.8 Å². The van der Waals surface area contributed by atoms with Gasteiger partial charge in [0.1, 0.15) is 10.8 Å². The van der Waals surface area contributed by atoms with Crippen molar-refractivity contribution in [3.8, 4) is 5.75 Å². The van der Waals surface area contributed by atoms with Crippen molar-refractivity contribution in [1.29, 1.82) is 0 Å². The van der Waals surface area contributed by atoms with Crippen LogP contribution in [0, 0.1) is 0 Å². The van der Waals surface area contributed by atoms with Crippen molar-refractivity contribution in [2.75, 3.05) is 11.9 Å². The van der Waals surface area contributed by atoms with Crippen LogP contribution in [-0.2, 0) is 17.6 Å². The fourth-order valence-electron chi connectivity index (χ4n) is 3.11. The summed E-state index contributed by atoms with van der Waals surface area (Å²) < 4.78 is 5.46. The van der Waals surface area contributed by atoms with Crippen LogP contribution in [0.2, 0.25) is 5.02 Å². The van der Waals surface area contributed by atoms with Crippen molar-refractivity contribution in [2.24, 2.45) is 5.73 Å². The summed E-state index contributed by atoms with van der Waals surface area (Å²) in [5, 5.41) is 3.94. The van der Waals surface area contributed by atoms with E-state index in [0.717, 1.165) is 42.5 Å². The second-order valence-corrected chi connectivity index (χ2v) is 7.82. The molecule has 0 radical (unpaired) electrons. The standard InChI is InChI=1S/C19H21ClN2O3S/c20-12-7-9-13(10-8-12)25-11-16(23)22-19-17(18(21)24)14-5-3-1-2-4-6-15(14)26-19/h7-10H,1-6,11H2,(H2,21,24)(H,22,23). The first-order valence-corrected chi connectivity index (χ1v) is 9.86.